The third-order valence-corrected chi connectivity index (χ3v) is 5.60. The molecule has 1 aromatic rings. The smallest absolute Gasteiger partial charge is 0.104 e. The second-order valence-electron chi connectivity index (χ2n) is 8.24. The molecule has 2 heteroatoms. The average molecular weight is 350 g/mol. The van der Waals surface area contributed by atoms with E-state index in [0.717, 1.165) is 17.1 Å². The van der Waals surface area contributed by atoms with Crippen molar-refractivity contribution in [3.8, 4) is 0 Å². The number of benzene rings is 1. The van der Waals surface area contributed by atoms with Crippen LogP contribution < -0.4 is 0 Å². The van der Waals surface area contributed by atoms with E-state index in [4.69, 9.17) is 0 Å². The molecule has 146 valence electrons. The first-order valence-corrected chi connectivity index (χ1v) is 10.4. The van der Waals surface area contributed by atoms with Gasteiger partial charge in [-0.25, -0.2) is 0 Å². The molecule has 25 heavy (non-hydrogen) atoms. The molecule has 0 heterocycles. The molecule has 1 atom stereocenters. The monoisotopic (exact) mass is 349 g/mol. The van der Waals surface area contributed by atoms with Crippen LogP contribution in [0.1, 0.15) is 90.0 Å². The topological polar surface area (TPSA) is 30.0 Å². The van der Waals surface area contributed by atoms with Crippen LogP contribution in [0.15, 0.2) is 30.3 Å². The van der Waals surface area contributed by atoms with Gasteiger partial charge in [0, 0.05) is 5.56 Å². The van der Waals surface area contributed by atoms with E-state index in [1.165, 1.54) is 76.2 Å². The van der Waals surface area contributed by atoms with Crippen LogP contribution in [0.2, 0.25) is 0 Å². The van der Waals surface area contributed by atoms with Crippen molar-refractivity contribution in [1.29, 1.82) is 0 Å². The van der Waals surface area contributed by atoms with Crippen LogP contribution >= 0.6 is 0 Å². The Morgan fingerprint density at radius 2 is 1.24 bits per heavy atom. The fourth-order valence-corrected chi connectivity index (χ4v) is 3.49. The zero-order valence-electron chi connectivity index (χ0n) is 17.3. The maximum absolute atomic E-state index is 2.43. The van der Waals surface area contributed by atoms with Gasteiger partial charge in [-0.15, -0.1) is 0 Å². The average Bonchev–Trinajstić information content (AvgIpc) is 2.57. The third-order valence-electron chi connectivity index (χ3n) is 5.60. The Hall–Kier alpha value is -0.860. The van der Waals surface area contributed by atoms with Crippen molar-refractivity contribution in [2.45, 2.75) is 97.1 Å². The van der Waals surface area contributed by atoms with Crippen LogP contribution in [0, 0.1) is 0 Å². The zero-order chi connectivity index (χ0) is 17.7. The molecule has 1 aromatic carbocycles. The van der Waals surface area contributed by atoms with Gasteiger partial charge in [-0.05, 0) is 19.8 Å². The first-order valence-electron chi connectivity index (χ1n) is 10.4. The first-order chi connectivity index (χ1) is 11.6. The van der Waals surface area contributed by atoms with E-state index in [0.29, 0.717) is 0 Å². The largest absolute Gasteiger partial charge is 0.870 e. The number of unbranched alkanes of at least 4 members (excludes halogenated alkanes) is 9. The molecule has 0 aromatic heterocycles. The van der Waals surface area contributed by atoms with Gasteiger partial charge in [0.25, 0.3) is 0 Å². The zero-order valence-corrected chi connectivity index (χ0v) is 17.3. The van der Waals surface area contributed by atoms with Crippen molar-refractivity contribution in [3.05, 3.63) is 35.9 Å². The Labute approximate surface area is 157 Å². The van der Waals surface area contributed by atoms with Crippen LogP contribution in [0.4, 0.5) is 0 Å². The maximum Gasteiger partial charge on any atom is 0.104 e. The highest BCUT2D eigenvalue weighted by Crippen LogP contribution is 2.19. The fourth-order valence-electron chi connectivity index (χ4n) is 3.49. The van der Waals surface area contributed by atoms with Gasteiger partial charge in [0.05, 0.1) is 20.1 Å². The third kappa shape index (κ3) is 11.4. The van der Waals surface area contributed by atoms with E-state index in [-0.39, 0.29) is 5.48 Å². The van der Waals surface area contributed by atoms with Gasteiger partial charge in [0.15, 0.2) is 0 Å². The maximum atomic E-state index is 2.43. The van der Waals surface area contributed by atoms with Gasteiger partial charge in [-0.3, -0.25) is 0 Å². The van der Waals surface area contributed by atoms with Crippen molar-refractivity contribution in [2.75, 3.05) is 14.1 Å². The number of quaternary nitrogens is 1. The number of rotatable bonds is 14. The minimum Gasteiger partial charge on any atom is -0.870 e. The van der Waals surface area contributed by atoms with E-state index in [1.807, 2.05) is 0 Å². The van der Waals surface area contributed by atoms with Crippen molar-refractivity contribution in [3.63, 3.8) is 0 Å². The Morgan fingerprint density at radius 1 is 0.760 bits per heavy atom. The van der Waals surface area contributed by atoms with Gasteiger partial charge < -0.3 is 9.96 Å². The molecule has 0 amide bonds. The van der Waals surface area contributed by atoms with Gasteiger partial charge in [-0.2, -0.15) is 0 Å². The summed E-state index contributed by atoms with van der Waals surface area (Å²) in [7, 11) is 4.77. The molecule has 0 aliphatic heterocycles. The van der Waals surface area contributed by atoms with Crippen LogP contribution in [0.5, 0.6) is 0 Å². The molecule has 0 bridgehead atoms. The highest BCUT2D eigenvalue weighted by molar-refractivity contribution is 5.13. The summed E-state index contributed by atoms with van der Waals surface area (Å²) in [5, 5.41) is 0. The second-order valence-corrected chi connectivity index (χ2v) is 8.24. The SMILES string of the molecule is CCCCCCCCCCCCC(C)[N+](C)(C)Cc1ccccc1.[OH-]. The van der Waals surface area contributed by atoms with E-state index in [1.54, 1.807) is 0 Å². The molecule has 1 rings (SSSR count). The lowest BCUT2D eigenvalue weighted by atomic mass is 10.0. The Kier molecular flexibility index (Phi) is 13.8. The lowest BCUT2D eigenvalue weighted by molar-refractivity contribution is -0.926. The summed E-state index contributed by atoms with van der Waals surface area (Å²) in [5.74, 6) is 0. The number of hydrogen-bond donors (Lipinski definition) is 0. The van der Waals surface area contributed by atoms with E-state index >= 15 is 0 Å². The summed E-state index contributed by atoms with van der Waals surface area (Å²) in [6.45, 7) is 5.86. The summed E-state index contributed by atoms with van der Waals surface area (Å²) in [6.07, 6.45) is 15.7. The van der Waals surface area contributed by atoms with Gasteiger partial charge in [-0.1, -0.05) is 95.0 Å². The lowest BCUT2D eigenvalue weighted by Gasteiger charge is -2.36. The standard InChI is InChI=1S/C23H42N.H2O/c1-5-6-7-8-9-10-11-12-13-15-18-22(2)24(3,4)21-23-19-16-14-17-20-23;/h14,16-17,19-20,22H,5-13,15,18,21H2,1-4H3;1H2/q+1;/p-1. The molecule has 0 aliphatic carbocycles. The number of nitrogens with zero attached hydrogens (tertiary/aromatic N) is 1. The molecular formula is C23H43NO. The lowest BCUT2D eigenvalue weighted by Crippen LogP contribution is -2.46. The van der Waals surface area contributed by atoms with Gasteiger partial charge >= 0.3 is 0 Å². The minimum absolute atomic E-state index is 0. The minimum atomic E-state index is 0. The summed E-state index contributed by atoms with van der Waals surface area (Å²) >= 11 is 0. The molecule has 1 N–H and O–H groups in total. The van der Waals surface area contributed by atoms with Crippen molar-refractivity contribution in [1.82, 2.24) is 0 Å². The molecule has 0 saturated heterocycles. The van der Waals surface area contributed by atoms with E-state index in [2.05, 4.69) is 58.3 Å². The predicted octanol–water partition coefficient (Wildman–Crippen LogP) is 6.79. The van der Waals surface area contributed by atoms with Crippen molar-refractivity contribution in [2.24, 2.45) is 0 Å². The van der Waals surface area contributed by atoms with Crippen molar-refractivity contribution >= 4 is 0 Å². The van der Waals surface area contributed by atoms with Crippen LogP contribution in [-0.2, 0) is 6.54 Å². The second kappa shape index (κ2) is 14.3. The fraction of sp³-hybridized carbons (Fsp3) is 0.739. The summed E-state index contributed by atoms with van der Waals surface area (Å²) < 4.78 is 1.10. The normalized spacial score (nSPS) is 12.6. The highest BCUT2D eigenvalue weighted by Gasteiger charge is 2.23. The Morgan fingerprint density at radius 3 is 1.76 bits per heavy atom. The van der Waals surface area contributed by atoms with E-state index in [9.17, 15) is 0 Å². The molecule has 0 aliphatic rings. The van der Waals surface area contributed by atoms with Crippen LogP contribution in [-0.4, -0.2) is 30.1 Å². The molecule has 2 nitrogen and oxygen atoms in total. The molecule has 0 radical (unpaired) electrons. The van der Waals surface area contributed by atoms with E-state index < -0.39 is 0 Å². The first kappa shape index (κ1) is 24.1. The van der Waals surface area contributed by atoms with Gasteiger partial charge in [0.1, 0.15) is 6.54 Å². The predicted molar refractivity (Wildman–Crippen MR) is 110 cm³/mol. The summed E-state index contributed by atoms with van der Waals surface area (Å²) in [4.78, 5) is 0. The van der Waals surface area contributed by atoms with Gasteiger partial charge in [0.2, 0.25) is 0 Å². The van der Waals surface area contributed by atoms with Crippen LogP contribution in [0.25, 0.3) is 0 Å². The number of hydrogen-bond acceptors (Lipinski definition) is 1. The summed E-state index contributed by atoms with van der Waals surface area (Å²) in [6, 6.07) is 11.7. The molecule has 0 saturated carbocycles. The Bertz CT molecular complexity index is 402. The quantitative estimate of drug-likeness (QED) is 0.269. The molecule has 0 fully saturated rings. The molecule has 0 spiro atoms. The highest BCUT2D eigenvalue weighted by atomic mass is 16.0. The Balaban J connectivity index is 0.00000576. The van der Waals surface area contributed by atoms with Crippen LogP contribution in [0.3, 0.4) is 0 Å². The molecule has 1 unspecified atom stereocenters. The molecular weight excluding hydrogens is 306 g/mol. The van der Waals surface area contributed by atoms with Crippen molar-refractivity contribution < 1.29 is 9.96 Å². The summed E-state index contributed by atoms with van der Waals surface area (Å²) in [5.41, 5.74) is 1.46.